The summed E-state index contributed by atoms with van der Waals surface area (Å²) in [7, 11) is 1.72. The maximum absolute atomic E-state index is 8.36. The number of nitrogens with zero attached hydrogens (tertiary/aromatic N) is 2. The number of rotatable bonds is 8. The molecule has 2 N–H and O–H groups in total. The maximum atomic E-state index is 8.36. The van der Waals surface area contributed by atoms with Crippen molar-refractivity contribution in [3.8, 4) is 11.5 Å². The van der Waals surface area contributed by atoms with Gasteiger partial charge in [-0.25, -0.2) is 0 Å². The van der Waals surface area contributed by atoms with E-state index >= 15 is 0 Å². The Kier molecular flexibility index (Phi) is 8.35. The lowest BCUT2D eigenvalue weighted by Crippen LogP contribution is -2.21. The lowest BCUT2D eigenvalue weighted by Gasteiger charge is -2.19. The van der Waals surface area contributed by atoms with Crippen LogP contribution in [0.25, 0.3) is 10.9 Å². The van der Waals surface area contributed by atoms with Gasteiger partial charge in [0.2, 0.25) is 0 Å². The highest BCUT2D eigenvalue weighted by Crippen LogP contribution is 2.39. The number of fused-ring (bicyclic) bond motifs is 2. The smallest absolute Gasteiger partial charge is 0.290 e. The molecule has 1 aliphatic heterocycles. The van der Waals surface area contributed by atoms with Crippen LogP contribution in [0.2, 0.25) is 0 Å². The largest absolute Gasteiger partial charge is 0.493 e. The van der Waals surface area contributed by atoms with E-state index in [1.165, 1.54) is 49.3 Å². The van der Waals surface area contributed by atoms with Crippen LogP contribution in [0.15, 0.2) is 12.1 Å². The molecule has 7 heteroatoms. The number of carboxylic acid groups (broad SMARTS) is 1. The Morgan fingerprint density at radius 2 is 1.94 bits per heavy atom. The Bertz CT molecular complexity index is 879. The number of hydrogen-bond donors (Lipinski definition) is 2. The van der Waals surface area contributed by atoms with Crippen LogP contribution < -0.4 is 14.8 Å². The van der Waals surface area contributed by atoms with Crippen LogP contribution in [0.1, 0.15) is 50.8 Å². The summed E-state index contributed by atoms with van der Waals surface area (Å²) in [5.41, 5.74) is 4.84. The van der Waals surface area contributed by atoms with Crippen LogP contribution in [0, 0.1) is 0 Å². The van der Waals surface area contributed by atoms with Gasteiger partial charge >= 0.3 is 0 Å². The minimum atomic E-state index is -0.250. The Hall–Kier alpha value is -2.54. The standard InChI is InChI=1S/C23H33N3O2.CH2O2/c1-16(2)24-23-17-8-6-9-19(17)25-20-15-22(21(27-3)14-18(20)23)28-13-7-12-26-10-4-5-11-26;2-1-3/h14-16H,4-13H2,1-3H3,(H,24,25);1H,(H,2,3). The van der Waals surface area contributed by atoms with Gasteiger partial charge in [0.1, 0.15) is 0 Å². The number of hydrogen-bond acceptors (Lipinski definition) is 6. The number of aromatic nitrogens is 1. The van der Waals surface area contributed by atoms with Gasteiger partial charge in [0.15, 0.2) is 11.5 Å². The summed E-state index contributed by atoms with van der Waals surface area (Å²) in [4.78, 5) is 15.9. The molecule has 31 heavy (non-hydrogen) atoms. The number of pyridine rings is 1. The zero-order valence-corrected chi connectivity index (χ0v) is 18.9. The predicted octanol–water partition coefficient (Wildman–Crippen LogP) is 4.12. The highest BCUT2D eigenvalue weighted by Gasteiger charge is 2.22. The number of methoxy groups -OCH3 is 1. The van der Waals surface area contributed by atoms with Gasteiger partial charge in [-0.15, -0.1) is 0 Å². The molecule has 0 radical (unpaired) electrons. The van der Waals surface area contributed by atoms with E-state index in [1.807, 2.05) is 0 Å². The highest BCUT2D eigenvalue weighted by molar-refractivity contribution is 5.96. The van der Waals surface area contributed by atoms with Crippen molar-refractivity contribution >= 4 is 23.1 Å². The monoisotopic (exact) mass is 429 g/mol. The van der Waals surface area contributed by atoms with Crippen molar-refractivity contribution in [1.82, 2.24) is 9.88 Å². The fourth-order valence-corrected chi connectivity index (χ4v) is 4.47. The van der Waals surface area contributed by atoms with E-state index in [-0.39, 0.29) is 6.47 Å². The molecule has 1 fully saturated rings. The molecule has 4 rings (SSSR count). The predicted molar refractivity (Wildman–Crippen MR) is 124 cm³/mol. The first kappa shape index (κ1) is 23.1. The quantitative estimate of drug-likeness (QED) is 0.482. The number of ether oxygens (including phenoxy) is 2. The van der Waals surface area contributed by atoms with Crippen molar-refractivity contribution in [3.05, 3.63) is 23.4 Å². The van der Waals surface area contributed by atoms with E-state index in [4.69, 9.17) is 24.4 Å². The summed E-state index contributed by atoms with van der Waals surface area (Å²) in [5, 5.41) is 11.7. The van der Waals surface area contributed by atoms with Crippen molar-refractivity contribution in [1.29, 1.82) is 0 Å². The van der Waals surface area contributed by atoms with Crippen LogP contribution in [0.3, 0.4) is 0 Å². The molecule has 0 unspecified atom stereocenters. The fraction of sp³-hybridized carbons (Fsp3) is 0.583. The maximum Gasteiger partial charge on any atom is 0.290 e. The lowest BCUT2D eigenvalue weighted by atomic mass is 10.1. The molecule has 0 amide bonds. The molecule has 1 aromatic carbocycles. The van der Waals surface area contributed by atoms with Crippen LogP contribution in [0.5, 0.6) is 11.5 Å². The molecule has 1 aliphatic carbocycles. The number of carbonyl (C=O) groups is 1. The van der Waals surface area contributed by atoms with Crippen molar-refractivity contribution < 1.29 is 19.4 Å². The average molecular weight is 430 g/mol. The molecular formula is C24H35N3O4. The van der Waals surface area contributed by atoms with Crippen LogP contribution in [-0.4, -0.2) is 60.9 Å². The lowest BCUT2D eigenvalue weighted by molar-refractivity contribution is -0.122. The summed E-state index contributed by atoms with van der Waals surface area (Å²) in [6, 6.07) is 4.54. The summed E-state index contributed by atoms with van der Waals surface area (Å²) in [6.45, 7) is 8.41. The molecular weight excluding hydrogens is 394 g/mol. The number of anilines is 1. The van der Waals surface area contributed by atoms with Gasteiger partial charge in [-0.3, -0.25) is 9.78 Å². The van der Waals surface area contributed by atoms with E-state index < -0.39 is 0 Å². The molecule has 2 aromatic rings. The van der Waals surface area contributed by atoms with Gasteiger partial charge in [-0.05, 0) is 77.1 Å². The third-order valence-corrected chi connectivity index (χ3v) is 5.81. The molecule has 0 atom stereocenters. The normalized spacial score (nSPS) is 15.5. The van der Waals surface area contributed by atoms with Crippen LogP contribution in [0.4, 0.5) is 5.69 Å². The summed E-state index contributed by atoms with van der Waals surface area (Å²) in [5.74, 6) is 1.59. The van der Waals surface area contributed by atoms with Gasteiger partial charge in [0.25, 0.3) is 6.47 Å². The molecule has 2 aliphatic rings. The van der Waals surface area contributed by atoms with E-state index in [0.29, 0.717) is 12.6 Å². The SMILES string of the molecule is COc1cc2c(NC(C)C)c3c(nc2cc1OCCCN1CCCC1)CCC3.O=CO. The van der Waals surface area contributed by atoms with Gasteiger partial charge < -0.3 is 24.8 Å². The van der Waals surface area contributed by atoms with Gasteiger partial charge in [0, 0.05) is 35.4 Å². The topological polar surface area (TPSA) is 83.9 Å². The van der Waals surface area contributed by atoms with Gasteiger partial charge in [-0.2, -0.15) is 0 Å². The Morgan fingerprint density at radius 1 is 1.19 bits per heavy atom. The minimum absolute atomic E-state index is 0.250. The average Bonchev–Trinajstić information content (AvgIpc) is 3.42. The van der Waals surface area contributed by atoms with E-state index in [2.05, 4.69) is 36.2 Å². The first-order valence-electron chi connectivity index (χ1n) is 11.3. The zero-order chi connectivity index (χ0) is 22.2. The number of benzene rings is 1. The molecule has 7 nitrogen and oxygen atoms in total. The number of likely N-dealkylation sites (tertiary alicyclic amines) is 1. The first-order valence-corrected chi connectivity index (χ1v) is 11.3. The van der Waals surface area contributed by atoms with Crippen molar-refractivity contribution in [2.75, 3.05) is 38.7 Å². The third-order valence-electron chi connectivity index (χ3n) is 5.81. The number of nitrogens with one attached hydrogen (secondary N) is 1. The first-order chi connectivity index (χ1) is 15.1. The summed E-state index contributed by atoms with van der Waals surface area (Å²) in [6.07, 6.45) is 7.06. The van der Waals surface area contributed by atoms with Crippen LogP contribution >= 0.6 is 0 Å². The molecule has 0 saturated carbocycles. The summed E-state index contributed by atoms with van der Waals surface area (Å²) < 4.78 is 11.8. The van der Waals surface area contributed by atoms with E-state index in [0.717, 1.165) is 48.2 Å². The molecule has 1 aromatic heterocycles. The second-order valence-corrected chi connectivity index (χ2v) is 8.44. The molecule has 0 bridgehead atoms. The van der Waals surface area contributed by atoms with Crippen molar-refractivity contribution in [3.63, 3.8) is 0 Å². The van der Waals surface area contributed by atoms with Crippen molar-refractivity contribution in [2.45, 2.75) is 58.4 Å². The van der Waals surface area contributed by atoms with E-state index in [9.17, 15) is 0 Å². The third kappa shape index (κ3) is 5.79. The molecule has 0 spiro atoms. The molecule has 2 heterocycles. The Balaban J connectivity index is 0.000000858. The van der Waals surface area contributed by atoms with Gasteiger partial charge in [0.05, 0.1) is 19.2 Å². The fourth-order valence-electron chi connectivity index (χ4n) is 4.47. The molecule has 170 valence electrons. The minimum Gasteiger partial charge on any atom is -0.493 e. The van der Waals surface area contributed by atoms with Crippen molar-refractivity contribution in [2.24, 2.45) is 0 Å². The van der Waals surface area contributed by atoms with Gasteiger partial charge in [-0.1, -0.05) is 0 Å². The highest BCUT2D eigenvalue weighted by atomic mass is 16.5. The molecule has 1 saturated heterocycles. The number of aryl methyl sites for hydroxylation is 1. The van der Waals surface area contributed by atoms with Crippen LogP contribution in [-0.2, 0) is 17.6 Å². The summed E-state index contributed by atoms with van der Waals surface area (Å²) >= 11 is 0. The van der Waals surface area contributed by atoms with E-state index in [1.54, 1.807) is 7.11 Å². The second-order valence-electron chi connectivity index (χ2n) is 8.44. The Morgan fingerprint density at radius 3 is 2.61 bits per heavy atom. The zero-order valence-electron chi connectivity index (χ0n) is 18.9. The Labute approximate surface area is 184 Å². The second kappa shape index (κ2) is 11.2.